The molecule has 4 rings (SSSR count). The molecular formula is C27H34N2O3. The Hall–Kier alpha value is -2.69. The molecule has 0 radical (unpaired) electrons. The van der Waals surface area contributed by atoms with E-state index in [0.717, 1.165) is 68.6 Å². The van der Waals surface area contributed by atoms with E-state index in [9.17, 15) is 14.4 Å². The molecule has 0 aromatic heterocycles. The fraction of sp³-hybridized carbons (Fsp3) is 0.519. The minimum atomic E-state index is -0.155. The van der Waals surface area contributed by atoms with E-state index in [2.05, 4.69) is 10.6 Å². The summed E-state index contributed by atoms with van der Waals surface area (Å²) < 4.78 is 0. The van der Waals surface area contributed by atoms with Crippen molar-refractivity contribution in [3.05, 3.63) is 46.5 Å². The van der Waals surface area contributed by atoms with Crippen LogP contribution in [-0.2, 0) is 6.42 Å². The zero-order chi connectivity index (χ0) is 22.5. The van der Waals surface area contributed by atoms with Crippen LogP contribution in [0.3, 0.4) is 0 Å². The molecule has 170 valence electrons. The summed E-state index contributed by atoms with van der Waals surface area (Å²) in [5.41, 5.74) is 2.47. The third-order valence-electron chi connectivity index (χ3n) is 7.16. The number of carbonyl (C=O) groups is 3. The van der Waals surface area contributed by atoms with Crippen molar-refractivity contribution in [2.24, 2.45) is 0 Å². The van der Waals surface area contributed by atoms with E-state index in [1.54, 1.807) is 12.1 Å². The van der Waals surface area contributed by atoms with Crippen LogP contribution in [0.5, 0.6) is 0 Å². The lowest BCUT2D eigenvalue weighted by Gasteiger charge is -2.24. The first-order valence-corrected chi connectivity index (χ1v) is 12.3. The Morgan fingerprint density at radius 1 is 0.781 bits per heavy atom. The van der Waals surface area contributed by atoms with E-state index in [0.29, 0.717) is 28.5 Å². The van der Waals surface area contributed by atoms with Gasteiger partial charge in [-0.15, -0.1) is 0 Å². The first-order chi connectivity index (χ1) is 15.6. The molecule has 0 atom stereocenters. The van der Waals surface area contributed by atoms with E-state index >= 15 is 0 Å². The molecule has 32 heavy (non-hydrogen) atoms. The fourth-order valence-corrected chi connectivity index (χ4v) is 5.38. The summed E-state index contributed by atoms with van der Waals surface area (Å²) >= 11 is 0. The molecule has 0 saturated heterocycles. The second-order valence-electron chi connectivity index (χ2n) is 9.31. The number of aryl methyl sites for hydroxylation is 1. The number of rotatable bonds is 6. The van der Waals surface area contributed by atoms with Gasteiger partial charge in [0.2, 0.25) is 0 Å². The maximum atomic E-state index is 13.3. The number of fused-ring (bicyclic) bond motifs is 1. The molecule has 0 heterocycles. The summed E-state index contributed by atoms with van der Waals surface area (Å²) in [4.78, 5) is 38.5. The lowest BCUT2D eigenvalue weighted by atomic mass is 9.89. The Balaban J connectivity index is 1.75. The molecule has 0 spiro atoms. The topological polar surface area (TPSA) is 75.3 Å². The second-order valence-corrected chi connectivity index (χ2v) is 9.31. The predicted molar refractivity (Wildman–Crippen MR) is 127 cm³/mol. The maximum absolute atomic E-state index is 13.3. The number of carbonyl (C=O) groups excluding carboxylic acids is 3. The molecule has 2 fully saturated rings. The maximum Gasteiger partial charge on any atom is 0.252 e. The quantitative estimate of drug-likeness (QED) is 0.603. The smallest absolute Gasteiger partial charge is 0.252 e. The standard InChI is InChI=1S/C27H34N2O3/c1-2-18-13-15-23(27(32)29-21-11-7-4-8-12-21)25-19(17-30)14-16-22(24(18)25)26(31)28-20-9-5-3-6-10-20/h13-17,20-21H,2-12H2,1H3,(H,28,31)(H,29,32). The van der Waals surface area contributed by atoms with Crippen LogP contribution in [0.4, 0.5) is 0 Å². The van der Waals surface area contributed by atoms with Crippen LogP contribution in [0.2, 0.25) is 0 Å². The third kappa shape index (κ3) is 4.72. The summed E-state index contributed by atoms with van der Waals surface area (Å²) in [6, 6.07) is 7.54. The fourth-order valence-electron chi connectivity index (χ4n) is 5.38. The van der Waals surface area contributed by atoms with Crippen molar-refractivity contribution < 1.29 is 14.4 Å². The molecule has 2 saturated carbocycles. The van der Waals surface area contributed by atoms with E-state index in [-0.39, 0.29) is 23.9 Å². The van der Waals surface area contributed by atoms with Crippen LogP contribution < -0.4 is 10.6 Å². The van der Waals surface area contributed by atoms with Crippen LogP contribution in [0.25, 0.3) is 10.8 Å². The van der Waals surface area contributed by atoms with Gasteiger partial charge in [-0.1, -0.05) is 57.6 Å². The summed E-state index contributed by atoms with van der Waals surface area (Å²) in [5, 5.41) is 7.72. The highest BCUT2D eigenvalue weighted by atomic mass is 16.2. The molecule has 0 unspecified atom stereocenters. The third-order valence-corrected chi connectivity index (χ3v) is 7.16. The Bertz CT molecular complexity index is 1000. The van der Waals surface area contributed by atoms with Gasteiger partial charge in [0.15, 0.2) is 6.29 Å². The van der Waals surface area contributed by atoms with Crippen molar-refractivity contribution in [1.82, 2.24) is 10.6 Å². The Morgan fingerprint density at radius 2 is 1.28 bits per heavy atom. The van der Waals surface area contributed by atoms with Gasteiger partial charge in [0.05, 0.1) is 0 Å². The largest absolute Gasteiger partial charge is 0.349 e. The van der Waals surface area contributed by atoms with Gasteiger partial charge < -0.3 is 10.6 Å². The molecule has 2 aromatic carbocycles. The summed E-state index contributed by atoms with van der Waals surface area (Å²) in [7, 11) is 0. The lowest BCUT2D eigenvalue weighted by Crippen LogP contribution is -2.37. The van der Waals surface area contributed by atoms with Gasteiger partial charge in [0.25, 0.3) is 11.8 Å². The molecule has 5 heteroatoms. The number of amides is 2. The van der Waals surface area contributed by atoms with Gasteiger partial charge in [-0.3, -0.25) is 14.4 Å². The van der Waals surface area contributed by atoms with Gasteiger partial charge >= 0.3 is 0 Å². The highest BCUT2D eigenvalue weighted by Gasteiger charge is 2.24. The van der Waals surface area contributed by atoms with Gasteiger partial charge in [-0.25, -0.2) is 0 Å². The molecule has 2 amide bonds. The van der Waals surface area contributed by atoms with Gasteiger partial charge in [-0.2, -0.15) is 0 Å². The second kappa shape index (κ2) is 10.3. The Labute approximate surface area is 190 Å². The van der Waals surface area contributed by atoms with Gasteiger partial charge in [0.1, 0.15) is 0 Å². The molecule has 2 aliphatic carbocycles. The van der Waals surface area contributed by atoms with Gasteiger partial charge in [-0.05, 0) is 55.2 Å². The van der Waals surface area contributed by atoms with Crippen LogP contribution in [0.1, 0.15) is 108 Å². The average molecular weight is 435 g/mol. The van der Waals surface area contributed by atoms with Crippen molar-refractivity contribution in [1.29, 1.82) is 0 Å². The van der Waals surface area contributed by atoms with E-state index in [4.69, 9.17) is 0 Å². The van der Waals surface area contributed by atoms with E-state index in [1.807, 2.05) is 19.1 Å². The minimum absolute atomic E-state index is 0.112. The molecule has 2 N–H and O–H groups in total. The number of hydrogen-bond acceptors (Lipinski definition) is 3. The van der Waals surface area contributed by atoms with Crippen molar-refractivity contribution in [2.45, 2.75) is 89.6 Å². The molecular weight excluding hydrogens is 400 g/mol. The molecule has 0 bridgehead atoms. The van der Waals surface area contributed by atoms with Gasteiger partial charge in [0, 0.05) is 34.2 Å². The van der Waals surface area contributed by atoms with Crippen molar-refractivity contribution in [3.63, 3.8) is 0 Å². The summed E-state index contributed by atoms with van der Waals surface area (Å²) in [6.45, 7) is 2.03. The summed E-state index contributed by atoms with van der Waals surface area (Å²) in [6.07, 6.45) is 12.5. The number of hydrogen-bond donors (Lipinski definition) is 2. The number of nitrogens with one attached hydrogen (secondary N) is 2. The van der Waals surface area contributed by atoms with E-state index < -0.39 is 0 Å². The average Bonchev–Trinajstić information content (AvgIpc) is 2.83. The minimum Gasteiger partial charge on any atom is -0.349 e. The normalized spacial score (nSPS) is 17.8. The van der Waals surface area contributed by atoms with Crippen LogP contribution >= 0.6 is 0 Å². The first-order valence-electron chi connectivity index (χ1n) is 12.3. The molecule has 2 aliphatic rings. The van der Waals surface area contributed by atoms with Crippen molar-refractivity contribution in [3.8, 4) is 0 Å². The zero-order valence-corrected chi connectivity index (χ0v) is 19.0. The SMILES string of the molecule is CCc1ccc(C(=O)NC2CCCCC2)c2c(C=O)ccc(C(=O)NC3CCCCC3)c12. The lowest BCUT2D eigenvalue weighted by molar-refractivity contribution is 0.0919. The molecule has 5 nitrogen and oxygen atoms in total. The summed E-state index contributed by atoms with van der Waals surface area (Å²) in [5.74, 6) is -0.267. The van der Waals surface area contributed by atoms with Crippen molar-refractivity contribution in [2.75, 3.05) is 0 Å². The highest BCUT2D eigenvalue weighted by molar-refractivity contribution is 6.18. The van der Waals surface area contributed by atoms with Crippen LogP contribution in [0.15, 0.2) is 24.3 Å². The monoisotopic (exact) mass is 434 g/mol. The first kappa shape index (κ1) is 22.5. The molecule has 0 aliphatic heterocycles. The number of aldehydes is 1. The van der Waals surface area contributed by atoms with E-state index in [1.165, 1.54) is 12.8 Å². The predicted octanol–water partition coefficient (Wildman–Crippen LogP) is 5.34. The Kier molecular flexibility index (Phi) is 7.23. The highest BCUT2D eigenvalue weighted by Crippen LogP contribution is 2.31. The Morgan fingerprint density at radius 3 is 1.78 bits per heavy atom. The van der Waals surface area contributed by atoms with Crippen LogP contribution in [0, 0.1) is 0 Å². The van der Waals surface area contributed by atoms with Crippen LogP contribution in [-0.4, -0.2) is 30.2 Å². The zero-order valence-electron chi connectivity index (χ0n) is 19.0. The molecule has 2 aromatic rings. The van der Waals surface area contributed by atoms with Crippen molar-refractivity contribution >= 4 is 28.9 Å². The number of benzene rings is 2.